The quantitative estimate of drug-likeness (QED) is 0.840. The third-order valence-corrected chi connectivity index (χ3v) is 5.96. The highest BCUT2D eigenvalue weighted by Gasteiger charge is 2.37. The van der Waals surface area contributed by atoms with Gasteiger partial charge in [-0.25, -0.2) is 0 Å². The summed E-state index contributed by atoms with van der Waals surface area (Å²) in [4.78, 5) is 2.75. The van der Waals surface area contributed by atoms with Gasteiger partial charge in [0.15, 0.2) is 0 Å². The topological polar surface area (TPSA) is 15.3 Å². The van der Waals surface area contributed by atoms with E-state index >= 15 is 0 Å². The first kappa shape index (κ1) is 13.9. The molecule has 1 aliphatic carbocycles. The molecule has 0 spiro atoms. The van der Waals surface area contributed by atoms with E-state index in [0.29, 0.717) is 0 Å². The molecule has 3 fully saturated rings. The summed E-state index contributed by atoms with van der Waals surface area (Å²) in [7, 11) is 0. The van der Waals surface area contributed by atoms with Gasteiger partial charge in [0, 0.05) is 24.7 Å². The van der Waals surface area contributed by atoms with Crippen molar-refractivity contribution in [1.29, 1.82) is 0 Å². The van der Waals surface area contributed by atoms with Gasteiger partial charge in [-0.05, 0) is 50.5 Å². The molecule has 2 heteroatoms. The van der Waals surface area contributed by atoms with Gasteiger partial charge in [-0.2, -0.15) is 0 Å². The molecule has 2 heterocycles. The Bertz CT molecular complexity index is 289. The van der Waals surface area contributed by atoms with Crippen LogP contribution in [0.2, 0.25) is 0 Å². The Morgan fingerprint density at radius 3 is 2.68 bits per heavy atom. The lowest BCUT2D eigenvalue weighted by Crippen LogP contribution is -2.49. The summed E-state index contributed by atoms with van der Waals surface area (Å²) in [5.74, 6) is 1.84. The Balaban J connectivity index is 1.53. The summed E-state index contributed by atoms with van der Waals surface area (Å²) in [5, 5.41) is 4.06. The Kier molecular flexibility index (Phi) is 4.48. The molecule has 1 N–H and O–H groups in total. The van der Waals surface area contributed by atoms with Crippen LogP contribution in [0.25, 0.3) is 0 Å². The van der Waals surface area contributed by atoms with Crippen molar-refractivity contribution in [1.82, 2.24) is 10.2 Å². The number of nitrogens with zero attached hydrogens (tertiary/aromatic N) is 1. The molecule has 4 unspecified atom stereocenters. The van der Waals surface area contributed by atoms with E-state index in [4.69, 9.17) is 0 Å². The SMILES string of the molecule is CC(C)C1CCCC(NC2CCN3CCCCC23)C1. The van der Waals surface area contributed by atoms with Gasteiger partial charge in [-0.3, -0.25) is 4.90 Å². The Morgan fingerprint density at radius 1 is 0.947 bits per heavy atom. The third-order valence-electron chi connectivity index (χ3n) is 5.96. The average molecular weight is 264 g/mol. The predicted molar refractivity (Wildman–Crippen MR) is 81.3 cm³/mol. The third kappa shape index (κ3) is 3.16. The van der Waals surface area contributed by atoms with Crippen molar-refractivity contribution in [3.63, 3.8) is 0 Å². The number of hydrogen-bond acceptors (Lipinski definition) is 2. The number of fused-ring (bicyclic) bond motifs is 1. The zero-order valence-electron chi connectivity index (χ0n) is 12.9. The molecule has 0 aromatic heterocycles. The van der Waals surface area contributed by atoms with E-state index in [-0.39, 0.29) is 0 Å². The summed E-state index contributed by atoms with van der Waals surface area (Å²) in [6.45, 7) is 7.53. The lowest BCUT2D eigenvalue weighted by atomic mass is 9.79. The molecular formula is C17H32N2. The van der Waals surface area contributed by atoms with E-state index < -0.39 is 0 Å². The van der Waals surface area contributed by atoms with Crippen molar-refractivity contribution < 1.29 is 0 Å². The smallest absolute Gasteiger partial charge is 0.0249 e. The van der Waals surface area contributed by atoms with Gasteiger partial charge in [-0.1, -0.05) is 33.1 Å². The summed E-state index contributed by atoms with van der Waals surface area (Å²) >= 11 is 0. The molecule has 3 aliphatic rings. The molecular weight excluding hydrogens is 232 g/mol. The molecule has 2 nitrogen and oxygen atoms in total. The van der Waals surface area contributed by atoms with Gasteiger partial charge in [0.25, 0.3) is 0 Å². The van der Waals surface area contributed by atoms with Crippen LogP contribution in [-0.2, 0) is 0 Å². The van der Waals surface area contributed by atoms with E-state index in [1.807, 2.05) is 0 Å². The summed E-state index contributed by atoms with van der Waals surface area (Å²) in [6.07, 6.45) is 11.5. The van der Waals surface area contributed by atoms with Gasteiger partial charge in [0.2, 0.25) is 0 Å². The summed E-state index contributed by atoms with van der Waals surface area (Å²) < 4.78 is 0. The fraction of sp³-hybridized carbons (Fsp3) is 1.00. The van der Waals surface area contributed by atoms with Crippen molar-refractivity contribution in [2.24, 2.45) is 11.8 Å². The first-order valence-electron chi connectivity index (χ1n) is 8.74. The van der Waals surface area contributed by atoms with Crippen LogP contribution in [0.3, 0.4) is 0 Å². The van der Waals surface area contributed by atoms with Crippen LogP contribution in [0.4, 0.5) is 0 Å². The second-order valence-corrected chi connectivity index (χ2v) is 7.53. The zero-order chi connectivity index (χ0) is 13.2. The molecule has 2 saturated heterocycles. The first-order chi connectivity index (χ1) is 9.24. The highest BCUT2D eigenvalue weighted by atomic mass is 15.2. The van der Waals surface area contributed by atoms with Crippen LogP contribution < -0.4 is 5.32 Å². The Hall–Kier alpha value is -0.0800. The molecule has 0 radical (unpaired) electrons. The van der Waals surface area contributed by atoms with Gasteiger partial charge >= 0.3 is 0 Å². The van der Waals surface area contributed by atoms with Crippen LogP contribution in [-0.4, -0.2) is 36.1 Å². The van der Waals surface area contributed by atoms with E-state index in [2.05, 4.69) is 24.1 Å². The zero-order valence-corrected chi connectivity index (χ0v) is 12.9. The standard InChI is InChI=1S/C17H32N2/c1-13(2)14-6-5-7-15(12-14)18-16-9-11-19-10-4-3-8-17(16)19/h13-18H,3-12H2,1-2H3. The van der Waals surface area contributed by atoms with Crippen molar-refractivity contribution in [2.75, 3.05) is 13.1 Å². The van der Waals surface area contributed by atoms with E-state index in [0.717, 1.165) is 30.0 Å². The highest BCUT2D eigenvalue weighted by molar-refractivity contribution is 4.96. The summed E-state index contributed by atoms with van der Waals surface area (Å²) in [5.41, 5.74) is 0. The van der Waals surface area contributed by atoms with E-state index in [1.165, 1.54) is 64.5 Å². The number of piperidine rings is 1. The minimum absolute atomic E-state index is 0.802. The molecule has 3 rings (SSSR count). The molecule has 0 aromatic rings. The van der Waals surface area contributed by atoms with Gasteiger partial charge in [0.1, 0.15) is 0 Å². The molecule has 19 heavy (non-hydrogen) atoms. The molecule has 0 aromatic carbocycles. The second-order valence-electron chi connectivity index (χ2n) is 7.53. The van der Waals surface area contributed by atoms with Crippen LogP contribution >= 0.6 is 0 Å². The molecule has 0 amide bonds. The lowest BCUT2D eigenvalue weighted by molar-refractivity contribution is 0.162. The monoisotopic (exact) mass is 264 g/mol. The Labute approximate surface area is 119 Å². The number of rotatable bonds is 3. The largest absolute Gasteiger partial charge is 0.310 e. The van der Waals surface area contributed by atoms with Gasteiger partial charge < -0.3 is 5.32 Å². The maximum Gasteiger partial charge on any atom is 0.0249 e. The minimum Gasteiger partial charge on any atom is -0.310 e. The number of hydrogen-bond donors (Lipinski definition) is 1. The van der Waals surface area contributed by atoms with Crippen LogP contribution in [0.15, 0.2) is 0 Å². The normalized spacial score (nSPS) is 40.6. The predicted octanol–water partition coefficient (Wildman–Crippen LogP) is 3.42. The molecule has 0 bridgehead atoms. The molecule has 2 aliphatic heterocycles. The molecule has 1 saturated carbocycles. The second kappa shape index (κ2) is 6.13. The van der Waals surface area contributed by atoms with Crippen molar-refractivity contribution in [3.8, 4) is 0 Å². The average Bonchev–Trinajstić information content (AvgIpc) is 2.83. The first-order valence-corrected chi connectivity index (χ1v) is 8.74. The minimum atomic E-state index is 0.802. The van der Waals surface area contributed by atoms with Crippen LogP contribution in [0.1, 0.15) is 65.2 Å². The fourth-order valence-electron chi connectivity index (χ4n) is 4.73. The van der Waals surface area contributed by atoms with Crippen LogP contribution in [0, 0.1) is 11.8 Å². The van der Waals surface area contributed by atoms with Crippen LogP contribution in [0.5, 0.6) is 0 Å². The highest BCUT2D eigenvalue weighted by Crippen LogP contribution is 2.32. The van der Waals surface area contributed by atoms with Crippen molar-refractivity contribution in [3.05, 3.63) is 0 Å². The maximum absolute atomic E-state index is 4.06. The van der Waals surface area contributed by atoms with Crippen molar-refractivity contribution >= 4 is 0 Å². The maximum atomic E-state index is 4.06. The molecule has 110 valence electrons. The Morgan fingerprint density at radius 2 is 1.84 bits per heavy atom. The fourth-order valence-corrected chi connectivity index (χ4v) is 4.73. The van der Waals surface area contributed by atoms with E-state index in [1.54, 1.807) is 0 Å². The van der Waals surface area contributed by atoms with Crippen molar-refractivity contribution in [2.45, 2.75) is 83.3 Å². The van der Waals surface area contributed by atoms with E-state index in [9.17, 15) is 0 Å². The molecule has 4 atom stereocenters. The van der Waals surface area contributed by atoms with Gasteiger partial charge in [-0.15, -0.1) is 0 Å². The number of nitrogens with one attached hydrogen (secondary N) is 1. The van der Waals surface area contributed by atoms with Gasteiger partial charge in [0.05, 0.1) is 0 Å². The summed E-state index contributed by atoms with van der Waals surface area (Å²) in [6, 6.07) is 2.48. The lowest BCUT2D eigenvalue weighted by Gasteiger charge is -2.37.